The molecule has 0 radical (unpaired) electrons. The summed E-state index contributed by atoms with van der Waals surface area (Å²) >= 11 is 0. The number of nitrogens with zero attached hydrogens (tertiary/aromatic N) is 1. The van der Waals surface area contributed by atoms with Crippen molar-refractivity contribution in [3.05, 3.63) is 102 Å². The smallest absolute Gasteiger partial charge is 0.261 e. The lowest BCUT2D eigenvalue weighted by Crippen LogP contribution is -2.52. The number of carbonyl (C=O) groups excluding carboxylic acids is 2. The van der Waals surface area contributed by atoms with Crippen LogP contribution in [0.2, 0.25) is 0 Å². The molecule has 1 N–H and O–H groups in total. The minimum Gasteiger partial charge on any atom is -0.484 e. The molecular formula is C29H34N2O3. The topological polar surface area (TPSA) is 58.6 Å². The Morgan fingerprint density at radius 1 is 0.853 bits per heavy atom. The van der Waals surface area contributed by atoms with Gasteiger partial charge in [0.05, 0.1) is 0 Å². The number of rotatable bonds is 11. The normalized spacial score (nSPS) is 11.6. The molecule has 2 amide bonds. The van der Waals surface area contributed by atoms with Crippen LogP contribution in [-0.4, -0.2) is 35.9 Å². The SMILES string of the molecule is Cc1ccc(CN(C(=O)COc2ccccc2)C(Cc2ccccc2)C(=O)NCC(C)C)cc1. The average Bonchev–Trinajstić information content (AvgIpc) is 2.85. The van der Waals surface area contributed by atoms with E-state index >= 15 is 0 Å². The van der Waals surface area contributed by atoms with Crippen LogP contribution >= 0.6 is 0 Å². The van der Waals surface area contributed by atoms with Crippen molar-refractivity contribution in [3.8, 4) is 5.75 Å². The zero-order valence-electron chi connectivity index (χ0n) is 20.2. The predicted octanol–water partition coefficient (Wildman–Crippen LogP) is 4.79. The van der Waals surface area contributed by atoms with Crippen LogP contribution in [0.15, 0.2) is 84.9 Å². The van der Waals surface area contributed by atoms with E-state index in [2.05, 4.69) is 19.2 Å². The Hall–Kier alpha value is -3.60. The van der Waals surface area contributed by atoms with Gasteiger partial charge < -0.3 is 15.0 Å². The molecule has 3 aromatic rings. The van der Waals surface area contributed by atoms with Crippen LogP contribution in [0.3, 0.4) is 0 Å². The fourth-order valence-corrected chi connectivity index (χ4v) is 3.61. The highest BCUT2D eigenvalue weighted by molar-refractivity contribution is 5.88. The van der Waals surface area contributed by atoms with E-state index < -0.39 is 6.04 Å². The first-order valence-electron chi connectivity index (χ1n) is 11.8. The van der Waals surface area contributed by atoms with Gasteiger partial charge >= 0.3 is 0 Å². The lowest BCUT2D eigenvalue weighted by atomic mass is 10.0. The van der Waals surface area contributed by atoms with Crippen LogP contribution in [0.1, 0.15) is 30.5 Å². The molecule has 0 aliphatic rings. The Morgan fingerprint density at radius 2 is 1.47 bits per heavy atom. The number of nitrogens with one attached hydrogen (secondary N) is 1. The minimum atomic E-state index is -0.658. The Labute approximate surface area is 202 Å². The number of ether oxygens (including phenoxy) is 1. The van der Waals surface area contributed by atoms with Crippen LogP contribution in [0.25, 0.3) is 0 Å². The number of amides is 2. The third-order valence-corrected chi connectivity index (χ3v) is 5.53. The summed E-state index contributed by atoms with van der Waals surface area (Å²) in [7, 11) is 0. The molecule has 0 fully saturated rings. The molecule has 0 saturated carbocycles. The van der Waals surface area contributed by atoms with Gasteiger partial charge in [-0.15, -0.1) is 0 Å². The first-order valence-corrected chi connectivity index (χ1v) is 11.8. The maximum Gasteiger partial charge on any atom is 0.261 e. The quantitative estimate of drug-likeness (QED) is 0.450. The van der Waals surface area contributed by atoms with Crippen molar-refractivity contribution < 1.29 is 14.3 Å². The summed E-state index contributed by atoms with van der Waals surface area (Å²) in [5.41, 5.74) is 3.11. The minimum absolute atomic E-state index is 0.140. The average molecular weight is 459 g/mol. The van der Waals surface area contributed by atoms with E-state index in [0.717, 1.165) is 16.7 Å². The number of benzene rings is 3. The van der Waals surface area contributed by atoms with Crippen molar-refractivity contribution in [3.63, 3.8) is 0 Å². The summed E-state index contributed by atoms with van der Waals surface area (Å²) in [4.78, 5) is 28.5. The van der Waals surface area contributed by atoms with E-state index in [1.165, 1.54) is 0 Å². The van der Waals surface area contributed by atoms with Crippen molar-refractivity contribution in [2.75, 3.05) is 13.2 Å². The van der Waals surface area contributed by atoms with Gasteiger partial charge in [0.15, 0.2) is 6.61 Å². The van der Waals surface area contributed by atoms with E-state index in [4.69, 9.17) is 4.74 Å². The summed E-state index contributed by atoms with van der Waals surface area (Å²) < 4.78 is 5.76. The maximum absolute atomic E-state index is 13.5. The molecule has 5 heteroatoms. The molecule has 1 atom stereocenters. The van der Waals surface area contributed by atoms with Gasteiger partial charge in [-0.1, -0.05) is 92.2 Å². The van der Waals surface area contributed by atoms with E-state index in [0.29, 0.717) is 31.2 Å². The van der Waals surface area contributed by atoms with Gasteiger partial charge in [0, 0.05) is 19.5 Å². The third kappa shape index (κ3) is 7.77. The van der Waals surface area contributed by atoms with Gasteiger partial charge in [-0.3, -0.25) is 9.59 Å². The van der Waals surface area contributed by atoms with E-state index in [1.807, 2.05) is 91.9 Å². The van der Waals surface area contributed by atoms with Crippen molar-refractivity contribution in [1.82, 2.24) is 10.2 Å². The predicted molar refractivity (Wildman–Crippen MR) is 135 cm³/mol. The highest BCUT2D eigenvalue weighted by atomic mass is 16.5. The summed E-state index contributed by atoms with van der Waals surface area (Å²) in [6.07, 6.45) is 0.424. The molecule has 0 saturated heterocycles. The number of carbonyl (C=O) groups is 2. The summed E-state index contributed by atoms with van der Waals surface area (Å²) in [6, 6.07) is 26.4. The van der Waals surface area contributed by atoms with Crippen molar-refractivity contribution in [2.24, 2.45) is 5.92 Å². The standard InChI is InChI=1S/C29H34N2O3/c1-22(2)19-30-29(33)27(18-24-10-6-4-7-11-24)31(20-25-16-14-23(3)15-17-25)28(32)21-34-26-12-8-5-9-13-26/h4-17,22,27H,18-21H2,1-3H3,(H,30,33). The van der Waals surface area contributed by atoms with Gasteiger partial charge in [-0.05, 0) is 36.1 Å². The van der Waals surface area contributed by atoms with E-state index in [9.17, 15) is 9.59 Å². The number of hydrogen-bond donors (Lipinski definition) is 1. The van der Waals surface area contributed by atoms with Crippen molar-refractivity contribution in [1.29, 1.82) is 0 Å². The zero-order valence-corrected chi connectivity index (χ0v) is 20.2. The van der Waals surface area contributed by atoms with Gasteiger partial charge in [-0.2, -0.15) is 0 Å². The molecule has 0 bridgehead atoms. The molecule has 0 aromatic heterocycles. The van der Waals surface area contributed by atoms with E-state index in [-0.39, 0.29) is 18.4 Å². The molecular weight excluding hydrogens is 424 g/mol. The van der Waals surface area contributed by atoms with Gasteiger partial charge in [0.25, 0.3) is 5.91 Å². The van der Waals surface area contributed by atoms with Crippen molar-refractivity contribution >= 4 is 11.8 Å². The lowest BCUT2D eigenvalue weighted by molar-refractivity contribution is -0.142. The molecule has 3 rings (SSSR count). The molecule has 0 spiro atoms. The fraction of sp³-hybridized carbons (Fsp3) is 0.310. The molecule has 34 heavy (non-hydrogen) atoms. The number of aryl methyl sites for hydroxylation is 1. The first-order chi connectivity index (χ1) is 16.4. The van der Waals surface area contributed by atoms with Crippen LogP contribution in [-0.2, 0) is 22.6 Å². The Bertz CT molecular complexity index is 1030. The first kappa shape index (κ1) is 25.0. The van der Waals surface area contributed by atoms with Gasteiger partial charge in [-0.25, -0.2) is 0 Å². The fourth-order valence-electron chi connectivity index (χ4n) is 3.61. The van der Waals surface area contributed by atoms with Gasteiger partial charge in [0.1, 0.15) is 11.8 Å². The highest BCUT2D eigenvalue weighted by Gasteiger charge is 2.30. The summed E-state index contributed by atoms with van der Waals surface area (Å²) in [6.45, 7) is 6.86. The molecule has 178 valence electrons. The Morgan fingerprint density at radius 3 is 2.09 bits per heavy atom. The molecule has 1 unspecified atom stereocenters. The monoisotopic (exact) mass is 458 g/mol. The van der Waals surface area contributed by atoms with E-state index in [1.54, 1.807) is 4.90 Å². The molecule has 0 aliphatic carbocycles. The second-order valence-corrected chi connectivity index (χ2v) is 8.95. The Kier molecular flexibility index (Phi) is 9.27. The van der Waals surface area contributed by atoms with Crippen LogP contribution in [0.5, 0.6) is 5.75 Å². The highest BCUT2D eigenvalue weighted by Crippen LogP contribution is 2.17. The van der Waals surface area contributed by atoms with Gasteiger partial charge in [0.2, 0.25) is 5.91 Å². The van der Waals surface area contributed by atoms with Crippen LogP contribution in [0, 0.1) is 12.8 Å². The molecule has 5 nitrogen and oxygen atoms in total. The largest absolute Gasteiger partial charge is 0.484 e. The third-order valence-electron chi connectivity index (χ3n) is 5.53. The maximum atomic E-state index is 13.5. The number of para-hydroxylation sites is 1. The van der Waals surface area contributed by atoms with Crippen molar-refractivity contribution in [2.45, 2.75) is 39.8 Å². The number of hydrogen-bond acceptors (Lipinski definition) is 3. The molecule has 0 heterocycles. The van der Waals surface area contributed by atoms with Crippen LogP contribution in [0.4, 0.5) is 0 Å². The molecule has 3 aromatic carbocycles. The second-order valence-electron chi connectivity index (χ2n) is 8.95. The second kappa shape index (κ2) is 12.6. The molecule has 0 aliphatic heterocycles. The summed E-state index contributed by atoms with van der Waals surface area (Å²) in [5.74, 6) is 0.543. The Balaban J connectivity index is 1.88. The zero-order chi connectivity index (χ0) is 24.3. The lowest BCUT2D eigenvalue weighted by Gasteiger charge is -2.31. The summed E-state index contributed by atoms with van der Waals surface area (Å²) in [5, 5.41) is 3.03. The van der Waals surface area contributed by atoms with Crippen LogP contribution < -0.4 is 10.1 Å².